The molecular weight excluding hydrogens is 190 g/mol. The van der Waals surface area contributed by atoms with Crippen LogP contribution in [0, 0.1) is 5.92 Å². The maximum atomic E-state index is 11.6. The van der Waals surface area contributed by atoms with Crippen molar-refractivity contribution >= 4 is 12.1 Å². The third-order valence-corrected chi connectivity index (χ3v) is 2.98. The molecule has 0 radical (unpaired) electrons. The molecule has 0 aromatic carbocycles. The number of rotatable bonds is 0. The number of allylic oxidation sites excluding steroid dienone is 3. The molecule has 15 heavy (non-hydrogen) atoms. The quantitative estimate of drug-likeness (QED) is 0.584. The molecule has 0 bridgehead atoms. The Morgan fingerprint density at radius 3 is 3.13 bits per heavy atom. The molecule has 4 nitrogen and oxygen atoms in total. The number of carbonyl (C=O) groups excluding carboxylic acids is 1. The van der Waals surface area contributed by atoms with E-state index < -0.39 is 0 Å². The van der Waals surface area contributed by atoms with E-state index in [9.17, 15) is 4.79 Å². The summed E-state index contributed by atoms with van der Waals surface area (Å²) in [7, 11) is 0. The third-order valence-electron chi connectivity index (χ3n) is 2.98. The summed E-state index contributed by atoms with van der Waals surface area (Å²) in [6.07, 6.45) is 11.5. The van der Waals surface area contributed by atoms with Crippen LogP contribution in [-0.4, -0.2) is 24.2 Å². The zero-order valence-electron chi connectivity index (χ0n) is 8.05. The van der Waals surface area contributed by atoms with Crippen molar-refractivity contribution in [3.05, 3.63) is 36.0 Å². The Balaban J connectivity index is 2.07. The first-order chi connectivity index (χ1) is 7.36. The molecule has 3 atom stereocenters. The molecule has 3 aliphatic rings. The van der Waals surface area contributed by atoms with Gasteiger partial charge in [0, 0.05) is 17.7 Å². The van der Waals surface area contributed by atoms with Crippen LogP contribution >= 0.6 is 0 Å². The number of hydrogen-bond acceptors (Lipinski definition) is 3. The van der Waals surface area contributed by atoms with Gasteiger partial charge < -0.3 is 0 Å². The fourth-order valence-corrected chi connectivity index (χ4v) is 2.26. The lowest BCUT2D eigenvalue weighted by Gasteiger charge is -2.35. The minimum absolute atomic E-state index is 0.0453. The van der Waals surface area contributed by atoms with Gasteiger partial charge >= 0.3 is 0 Å². The first-order valence-electron chi connectivity index (χ1n) is 5.00. The molecule has 1 fully saturated rings. The monoisotopic (exact) mass is 201 g/mol. The number of hydrazine groups is 1. The lowest BCUT2D eigenvalue weighted by Crippen LogP contribution is -2.57. The minimum atomic E-state index is -0.0453. The second-order valence-corrected chi connectivity index (χ2v) is 3.83. The van der Waals surface area contributed by atoms with Gasteiger partial charge in [-0.15, -0.1) is 0 Å². The van der Waals surface area contributed by atoms with E-state index >= 15 is 0 Å². The smallest absolute Gasteiger partial charge is 0.261 e. The maximum Gasteiger partial charge on any atom is 0.261 e. The highest BCUT2D eigenvalue weighted by Gasteiger charge is 2.38. The van der Waals surface area contributed by atoms with Crippen molar-refractivity contribution in [1.82, 2.24) is 10.9 Å². The van der Waals surface area contributed by atoms with Crippen molar-refractivity contribution in [1.29, 1.82) is 0 Å². The van der Waals surface area contributed by atoms with Crippen LogP contribution in [0.3, 0.4) is 0 Å². The molecule has 2 N–H and O–H groups in total. The highest BCUT2D eigenvalue weighted by molar-refractivity contribution is 5.95. The van der Waals surface area contributed by atoms with E-state index in [-0.39, 0.29) is 23.9 Å². The number of aliphatic imine (C=N–C) groups is 1. The Bertz CT molecular complexity index is 420. The van der Waals surface area contributed by atoms with Crippen LogP contribution in [0.1, 0.15) is 0 Å². The van der Waals surface area contributed by atoms with Gasteiger partial charge in [-0.1, -0.05) is 24.3 Å². The summed E-state index contributed by atoms with van der Waals surface area (Å²) in [5, 5.41) is 0. The van der Waals surface area contributed by atoms with E-state index in [4.69, 9.17) is 0 Å². The summed E-state index contributed by atoms with van der Waals surface area (Å²) in [5.74, 6) is 0.0786. The molecule has 76 valence electrons. The molecule has 0 saturated carbocycles. The van der Waals surface area contributed by atoms with Gasteiger partial charge in [-0.25, -0.2) is 5.43 Å². The summed E-state index contributed by atoms with van der Waals surface area (Å²) in [6.45, 7) is 0. The lowest BCUT2D eigenvalue weighted by molar-refractivity contribution is -0.120. The predicted molar refractivity (Wildman–Crippen MR) is 57.2 cm³/mol. The third kappa shape index (κ3) is 1.26. The van der Waals surface area contributed by atoms with Crippen LogP contribution in [0.2, 0.25) is 0 Å². The molecule has 0 aromatic heterocycles. The second kappa shape index (κ2) is 3.17. The van der Waals surface area contributed by atoms with Crippen molar-refractivity contribution in [2.45, 2.75) is 12.1 Å². The number of amides is 1. The van der Waals surface area contributed by atoms with Crippen LogP contribution in [0.5, 0.6) is 0 Å². The van der Waals surface area contributed by atoms with Crippen molar-refractivity contribution in [3.8, 4) is 0 Å². The van der Waals surface area contributed by atoms with Gasteiger partial charge in [0.25, 0.3) is 5.91 Å². The predicted octanol–water partition coefficient (Wildman–Crippen LogP) is 0.111. The number of hydrogen-bond donors (Lipinski definition) is 2. The number of nitrogens with one attached hydrogen (secondary N) is 2. The summed E-state index contributed by atoms with van der Waals surface area (Å²) in [4.78, 5) is 16.0. The van der Waals surface area contributed by atoms with E-state index in [0.717, 1.165) is 5.57 Å². The Morgan fingerprint density at radius 2 is 2.20 bits per heavy atom. The van der Waals surface area contributed by atoms with Gasteiger partial charge in [0.2, 0.25) is 0 Å². The standard InChI is InChI=1S/C11H11N3O/c15-11-7-3-1-4-8-10(7)9(13-14-11)5-2-6-12-8/h1-6,8-10,13H,(H,14,15). The number of carbonyl (C=O) groups is 1. The molecule has 0 spiro atoms. The summed E-state index contributed by atoms with van der Waals surface area (Å²) in [6, 6.07) is 0.204. The van der Waals surface area contributed by atoms with Gasteiger partial charge in [0.15, 0.2) is 0 Å². The molecule has 3 unspecified atom stereocenters. The normalized spacial score (nSPS) is 36.7. The molecule has 1 amide bonds. The molecule has 2 aliphatic heterocycles. The molecule has 0 aromatic rings. The summed E-state index contributed by atoms with van der Waals surface area (Å²) < 4.78 is 0. The fourth-order valence-electron chi connectivity index (χ4n) is 2.26. The Hall–Kier alpha value is -1.68. The van der Waals surface area contributed by atoms with E-state index in [1.165, 1.54) is 0 Å². The Morgan fingerprint density at radius 1 is 1.27 bits per heavy atom. The first kappa shape index (κ1) is 8.61. The van der Waals surface area contributed by atoms with Crippen LogP contribution in [0.4, 0.5) is 0 Å². The Labute approximate surface area is 87.4 Å². The van der Waals surface area contributed by atoms with Crippen LogP contribution < -0.4 is 10.9 Å². The lowest BCUT2D eigenvalue weighted by atomic mass is 9.80. The van der Waals surface area contributed by atoms with Gasteiger partial charge in [-0.2, -0.15) is 0 Å². The molecular formula is C11H11N3O. The van der Waals surface area contributed by atoms with Gasteiger partial charge in [-0.05, 0) is 6.08 Å². The second-order valence-electron chi connectivity index (χ2n) is 3.83. The minimum Gasteiger partial charge on any atom is -0.287 e. The summed E-state index contributed by atoms with van der Waals surface area (Å²) in [5.41, 5.74) is 6.48. The molecule has 4 heteroatoms. The van der Waals surface area contributed by atoms with Crippen molar-refractivity contribution in [2.24, 2.45) is 10.9 Å². The van der Waals surface area contributed by atoms with E-state index in [1.807, 2.05) is 30.4 Å². The Kier molecular flexibility index (Phi) is 1.82. The van der Waals surface area contributed by atoms with Gasteiger partial charge in [0.1, 0.15) is 0 Å². The topological polar surface area (TPSA) is 53.5 Å². The maximum absolute atomic E-state index is 11.6. The average Bonchev–Trinajstić information content (AvgIpc) is 2.47. The molecule has 1 saturated heterocycles. The van der Waals surface area contributed by atoms with Crippen LogP contribution in [0.25, 0.3) is 0 Å². The fraction of sp³-hybridized carbons (Fsp3) is 0.273. The number of nitrogens with zero attached hydrogens (tertiary/aromatic N) is 1. The molecule has 3 rings (SSSR count). The van der Waals surface area contributed by atoms with Crippen molar-refractivity contribution in [3.63, 3.8) is 0 Å². The van der Waals surface area contributed by atoms with Gasteiger partial charge in [-0.3, -0.25) is 15.2 Å². The van der Waals surface area contributed by atoms with E-state index in [0.29, 0.717) is 0 Å². The largest absolute Gasteiger partial charge is 0.287 e. The van der Waals surface area contributed by atoms with Crippen molar-refractivity contribution in [2.75, 3.05) is 0 Å². The molecule has 1 aliphatic carbocycles. The average molecular weight is 201 g/mol. The zero-order chi connectivity index (χ0) is 10.3. The van der Waals surface area contributed by atoms with Crippen LogP contribution in [0.15, 0.2) is 40.9 Å². The van der Waals surface area contributed by atoms with Crippen LogP contribution in [-0.2, 0) is 4.79 Å². The van der Waals surface area contributed by atoms with Crippen molar-refractivity contribution < 1.29 is 4.79 Å². The summed E-state index contributed by atoms with van der Waals surface area (Å²) >= 11 is 0. The zero-order valence-corrected chi connectivity index (χ0v) is 8.05. The van der Waals surface area contributed by atoms with E-state index in [2.05, 4.69) is 15.8 Å². The van der Waals surface area contributed by atoms with E-state index in [1.54, 1.807) is 6.21 Å². The molecule has 2 heterocycles. The SMILES string of the molecule is O=C1NNC2C=CC=NC3C=CC=C1C32. The highest BCUT2D eigenvalue weighted by atomic mass is 16.2. The highest BCUT2D eigenvalue weighted by Crippen LogP contribution is 2.30. The first-order valence-corrected chi connectivity index (χ1v) is 5.00. The van der Waals surface area contributed by atoms with Gasteiger partial charge in [0.05, 0.1) is 12.1 Å².